The number of thiophene rings is 1. The molecule has 0 radical (unpaired) electrons. The van der Waals surface area contributed by atoms with E-state index in [4.69, 9.17) is 5.73 Å². The molecule has 6 nitrogen and oxygen atoms in total. The van der Waals surface area contributed by atoms with E-state index in [1.165, 1.54) is 34.1 Å². The van der Waals surface area contributed by atoms with Gasteiger partial charge >= 0.3 is 6.18 Å². The van der Waals surface area contributed by atoms with E-state index in [0.717, 1.165) is 4.88 Å². The summed E-state index contributed by atoms with van der Waals surface area (Å²) in [5, 5.41) is 9.44. The second-order valence-electron chi connectivity index (χ2n) is 9.86. The van der Waals surface area contributed by atoms with Crippen LogP contribution < -0.4 is 21.7 Å². The van der Waals surface area contributed by atoms with Gasteiger partial charge in [-0.1, -0.05) is 37.5 Å². The minimum atomic E-state index is -4.46. The van der Waals surface area contributed by atoms with Gasteiger partial charge in [-0.25, -0.2) is 4.39 Å². The number of nitrogens with one attached hydrogen (secondary N) is 3. The topological polar surface area (TPSA) is 84.1 Å². The number of anilines is 1. The van der Waals surface area contributed by atoms with E-state index in [2.05, 4.69) is 29.1 Å². The number of fused-ring (bicyclic) bond motifs is 1. The number of alkyl halides is 4. The minimum absolute atomic E-state index is 0.115. The molecule has 2 aromatic heterocycles. The number of hydrogen-bond acceptors (Lipinski definition) is 5. The van der Waals surface area contributed by atoms with Gasteiger partial charge in [0.2, 0.25) is 0 Å². The predicted molar refractivity (Wildman–Crippen MR) is 161 cm³/mol. The molecule has 222 valence electrons. The fourth-order valence-corrected chi connectivity index (χ4v) is 5.50. The van der Waals surface area contributed by atoms with E-state index in [9.17, 15) is 18.0 Å². The Morgan fingerprint density at radius 3 is 2.59 bits per heavy atom. The lowest BCUT2D eigenvalue weighted by molar-refractivity contribution is -0.139. The number of allylic oxidation sites excluding steroid dienone is 2. The van der Waals surface area contributed by atoms with Crippen molar-refractivity contribution in [2.24, 2.45) is 5.73 Å². The SMILES string of the molecule is C=C/C=C(\C=C)C(=O)NCc1ccc(-c2cc3c(NC(CCC(C)N)C(F)CNC)cccc3n2CC(F)(F)F)s1. The summed E-state index contributed by atoms with van der Waals surface area (Å²) >= 11 is 1.29. The summed E-state index contributed by atoms with van der Waals surface area (Å²) in [7, 11) is 1.66. The van der Waals surface area contributed by atoms with Crippen molar-refractivity contribution < 1.29 is 22.4 Å². The Labute approximate surface area is 242 Å². The monoisotopic (exact) mass is 591 g/mol. The van der Waals surface area contributed by atoms with Crippen LogP contribution >= 0.6 is 11.3 Å². The van der Waals surface area contributed by atoms with Crippen LogP contribution in [0.3, 0.4) is 0 Å². The Hall–Kier alpha value is -3.41. The molecule has 3 atom stereocenters. The molecule has 0 fully saturated rings. The van der Waals surface area contributed by atoms with Crippen molar-refractivity contribution >= 4 is 33.8 Å². The summed E-state index contributed by atoms with van der Waals surface area (Å²) < 4.78 is 57.5. The van der Waals surface area contributed by atoms with Crippen LogP contribution in [0.15, 0.2) is 73.4 Å². The van der Waals surface area contributed by atoms with Crippen molar-refractivity contribution in [3.8, 4) is 10.6 Å². The molecule has 3 unspecified atom stereocenters. The highest BCUT2D eigenvalue weighted by molar-refractivity contribution is 7.15. The minimum Gasteiger partial charge on any atom is -0.379 e. The van der Waals surface area contributed by atoms with E-state index in [-0.39, 0.29) is 25.0 Å². The number of benzene rings is 1. The zero-order valence-electron chi connectivity index (χ0n) is 23.2. The molecule has 0 spiro atoms. The molecular formula is C30H37F4N5OS. The third-order valence-electron chi connectivity index (χ3n) is 6.51. The molecule has 1 aromatic carbocycles. The maximum Gasteiger partial charge on any atom is 0.406 e. The highest BCUT2D eigenvalue weighted by Crippen LogP contribution is 2.38. The van der Waals surface area contributed by atoms with Crippen LogP contribution in [-0.4, -0.2) is 48.5 Å². The fourth-order valence-electron chi connectivity index (χ4n) is 4.53. The molecule has 41 heavy (non-hydrogen) atoms. The number of nitrogens with zero attached hydrogens (tertiary/aromatic N) is 1. The van der Waals surface area contributed by atoms with Gasteiger partial charge < -0.3 is 26.3 Å². The number of aromatic nitrogens is 1. The largest absolute Gasteiger partial charge is 0.406 e. The Kier molecular flexibility index (Phi) is 11.3. The number of carbonyl (C=O) groups is 1. The maximum atomic E-state index is 15.1. The summed E-state index contributed by atoms with van der Waals surface area (Å²) in [6.07, 6.45) is -0.209. The first-order valence-corrected chi connectivity index (χ1v) is 14.1. The zero-order valence-corrected chi connectivity index (χ0v) is 24.0. The molecule has 1 amide bonds. The summed E-state index contributed by atoms with van der Waals surface area (Å²) in [5.41, 5.74) is 7.58. The normalized spacial score (nSPS) is 14.5. The molecule has 2 heterocycles. The maximum absolute atomic E-state index is 15.1. The molecule has 0 saturated carbocycles. The van der Waals surface area contributed by atoms with Gasteiger partial charge in [0.15, 0.2) is 0 Å². The quantitative estimate of drug-likeness (QED) is 0.0948. The van der Waals surface area contributed by atoms with Crippen molar-refractivity contribution in [3.63, 3.8) is 0 Å². The van der Waals surface area contributed by atoms with Crippen molar-refractivity contribution in [1.29, 1.82) is 0 Å². The lowest BCUT2D eigenvalue weighted by atomic mass is 10.0. The molecule has 3 aromatic rings. The van der Waals surface area contributed by atoms with E-state index < -0.39 is 24.9 Å². The molecule has 0 aliphatic rings. The third kappa shape index (κ3) is 8.79. The van der Waals surface area contributed by atoms with Gasteiger partial charge in [0, 0.05) is 34.1 Å². The molecule has 5 N–H and O–H groups in total. The first kappa shape index (κ1) is 32.1. The van der Waals surface area contributed by atoms with E-state index in [1.807, 2.05) is 6.92 Å². The molecule has 0 saturated heterocycles. The fraction of sp³-hybridized carbons (Fsp3) is 0.367. The number of carbonyl (C=O) groups excluding carboxylic acids is 1. The summed E-state index contributed by atoms with van der Waals surface area (Å²) in [5.74, 6) is -0.334. The zero-order chi connectivity index (χ0) is 30.2. The van der Waals surface area contributed by atoms with E-state index in [1.54, 1.807) is 43.4 Å². The van der Waals surface area contributed by atoms with E-state index >= 15 is 4.39 Å². The van der Waals surface area contributed by atoms with Gasteiger partial charge in [-0.05, 0) is 57.1 Å². The van der Waals surface area contributed by atoms with Gasteiger partial charge in [-0.15, -0.1) is 11.3 Å². The van der Waals surface area contributed by atoms with Crippen LogP contribution in [0.1, 0.15) is 24.6 Å². The first-order valence-electron chi connectivity index (χ1n) is 13.3. The second-order valence-corrected chi connectivity index (χ2v) is 11.0. The Morgan fingerprint density at radius 2 is 1.95 bits per heavy atom. The highest BCUT2D eigenvalue weighted by atomic mass is 32.1. The molecule has 0 aliphatic carbocycles. The van der Waals surface area contributed by atoms with Crippen LogP contribution in [-0.2, 0) is 17.9 Å². The summed E-state index contributed by atoms with van der Waals surface area (Å²) in [6, 6.07) is 9.56. The smallest absolute Gasteiger partial charge is 0.379 e. The average Bonchev–Trinajstić information content (AvgIpc) is 3.52. The van der Waals surface area contributed by atoms with Crippen LogP contribution in [0.25, 0.3) is 21.5 Å². The summed E-state index contributed by atoms with van der Waals surface area (Å²) in [4.78, 5) is 13.7. The number of halogens is 4. The van der Waals surface area contributed by atoms with Gasteiger partial charge in [-0.2, -0.15) is 13.2 Å². The Bertz CT molecular complexity index is 1370. The molecule has 3 rings (SSSR count). The van der Waals surface area contributed by atoms with Crippen molar-refractivity contribution in [1.82, 2.24) is 15.2 Å². The lowest BCUT2D eigenvalue weighted by Gasteiger charge is -2.25. The number of rotatable bonds is 15. The summed E-state index contributed by atoms with van der Waals surface area (Å²) in [6.45, 7) is 8.18. The number of amides is 1. The third-order valence-corrected chi connectivity index (χ3v) is 7.62. The van der Waals surface area contributed by atoms with Gasteiger partial charge in [0.25, 0.3) is 5.91 Å². The standard InChI is InChI=1S/C30H37F4N5OS/c1-5-8-20(6-2)29(40)37-16-21-12-14-28(41-21)27-15-22-24(9-7-10-26(22)39(27)18-30(32,33)34)38-25(13-11-19(3)35)23(31)17-36-4/h5-10,12,14-15,19,23,25,36,38H,1-2,11,13,16-18,35H2,3-4H3,(H,37,40)/b20-8+. The molecule has 0 bridgehead atoms. The first-order chi connectivity index (χ1) is 19.5. The Morgan fingerprint density at radius 1 is 1.20 bits per heavy atom. The second kappa shape index (κ2) is 14.5. The highest BCUT2D eigenvalue weighted by Gasteiger charge is 2.31. The molecular weight excluding hydrogens is 554 g/mol. The van der Waals surface area contributed by atoms with Crippen LogP contribution in [0.2, 0.25) is 0 Å². The number of nitrogens with two attached hydrogens (primary N) is 1. The van der Waals surface area contributed by atoms with Crippen molar-refractivity contribution in [2.75, 3.05) is 18.9 Å². The van der Waals surface area contributed by atoms with Crippen LogP contribution in [0.5, 0.6) is 0 Å². The Balaban J connectivity index is 1.98. The lowest BCUT2D eigenvalue weighted by Crippen LogP contribution is -2.38. The van der Waals surface area contributed by atoms with Crippen molar-refractivity contribution in [3.05, 3.63) is 78.2 Å². The molecule has 11 heteroatoms. The van der Waals surface area contributed by atoms with Gasteiger partial charge in [0.1, 0.15) is 12.7 Å². The predicted octanol–water partition coefficient (Wildman–Crippen LogP) is 6.31. The van der Waals surface area contributed by atoms with Crippen LogP contribution in [0, 0.1) is 0 Å². The molecule has 0 aliphatic heterocycles. The van der Waals surface area contributed by atoms with Gasteiger partial charge in [-0.3, -0.25) is 4.79 Å². The van der Waals surface area contributed by atoms with Crippen LogP contribution in [0.4, 0.5) is 23.2 Å². The average molecular weight is 592 g/mol. The van der Waals surface area contributed by atoms with Gasteiger partial charge in [0.05, 0.1) is 28.7 Å². The van der Waals surface area contributed by atoms with Crippen molar-refractivity contribution in [2.45, 2.75) is 57.3 Å². The number of hydrogen-bond donors (Lipinski definition) is 4. The van der Waals surface area contributed by atoms with E-state index in [0.29, 0.717) is 45.6 Å².